The summed E-state index contributed by atoms with van der Waals surface area (Å²) in [7, 11) is 0. The third-order valence-corrected chi connectivity index (χ3v) is 4.40. The van der Waals surface area contributed by atoms with Gasteiger partial charge in [0.1, 0.15) is 0 Å². The fourth-order valence-corrected chi connectivity index (χ4v) is 3.16. The highest BCUT2D eigenvalue weighted by Gasteiger charge is 2.14. The van der Waals surface area contributed by atoms with Crippen LogP contribution < -0.4 is 4.90 Å². The molecule has 0 aliphatic carbocycles. The van der Waals surface area contributed by atoms with E-state index in [9.17, 15) is 0 Å². The quantitative estimate of drug-likeness (QED) is 0.704. The minimum absolute atomic E-state index is 0.0752. The van der Waals surface area contributed by atoms with Crippen molar-refractivity contribution in [2.45, 2.75) is 0 Å². The molecule has 0 bridgehead atoms. The molecule has 22 heavy (non-hydrogen) atoms. The van der Waals surface area contributed by atoms with Gasteiger partial charge in [-0.05, 0) is 12.1 Å². The van der Waals surface area contributed by atoms with Crippen LogP contribution in [-0.2, 0) is 0 Å². The Morgan fingerprint density at radius 2 is 2.14 bits per heavy atom. The Hall–Kier alpha value is -1.89. The summed E-state index contributed by atoms with van der Waals surface area (Å²) in [4.78, 5) is 7.38. The Bertz CT molecular complexity index is 749. The number of aromatic nitrogens is 3. The van der Waals surface area contributed by atoms with Crippen LogP contribution in [0.3, 0.4) is 0 Å². The van der Waals surface area contributed by atoms with E-state index in [1.54, 1.807) is 10.6 Å². The second-order valence-electron chi connectivity index (χ2n) is 4.70. The smallest absolute Gasteiger partial charge is 0.214 e. The summed E-state index contributed by atoms with van der Waals surface area (Å²) in [6, 6.07) is 7.56. The van der Waals surface area contributed by atoms with Crippen LogP contribution >= 0.6 is 22.9 Å². The summed E-state index contributed by atoms with van der Waals surface area (Å²) >= 11 is 7.39. The molecule has 1 N–H and O–H groups in total. The number of imidazole rings is 1. The lowest BCUT2D eigenvalue weighted by molar-refractivity contribution is 0.303. The predicted octanol–water partition coefficient (Wildman–Crippen LogP) is 3.10. The molecule has 0 saturated heterocycles. The van der Waals surface area contributed by atoms with Crippen molar-refractivity contribution < 1.29 is 5.11 Å². The summed E-state index contributed by atoms with van der Waals surface area (Å²) in [6.45, 7) is 4.97. The summed E-state index contributed by atoms with van der Waals surface area (Å²) < 4.78 is 1.76. The fraction of sp³-hybridized carbons (Fsp3) is 0.200. The zero-order valence-corrected chi connectivity index (χ0v) is 13.4. The number of rotatable bonds is 6. The number of benzene rings is 1. The zero-order chi connectivity index (χ0) is 15.5. The van der Waals surface area contributed by atoms with Crippen molar-refractivity contribution in [2.75, 3.05) is 24.6 Å². The van der Waals surface area contributed by atoms with E-state index in [1.807, 2.05) is 35.4 Å². The number of halogens is 1. The number of aliphatic hydroxyl groups is 1. The Morgan fingerprint density at radius 1 is 1.36 bits per heavy atom. The maximum absolute atomic E-state index is 9.13. The van der Waals surface area contributed by atoms with E-state index in [4.69, 9.17) is 16.7 Å². The van der Waals surface area contributed by atoms with Gasteiger partial charge in [0.05, 0.1) is 18.5 Å². The highest BCUT2D eigenvalue weighted by Crippen LogP contribution is 2.27. The molecule has 1 aromatic carbocycles. The van der Waals surface area contributed by atoms with Gasteiger partial charge in [0.2, 0.25) is 10.1 Å². The van der Waals surface area contributed by atoms with E-state index in [-0.39, 0.29) is 6.61 Å². The Morgan fingerprint density at radius 3 is 2.77 bits per heavy atom. The molecule has 2 aromatic heterocycles. The van der Waals surface area contributed by atoms with Gasteiger partial charge in [0.15, 0.2) is 0 Å². The molecule has 0 atom stereocenters. The van der Waals surface area contributed by atoms with Crippen molar-refractivity contribution in [1.82, 2.24) is 14.6 Å². The topological polar surface area (TPSA) is 53.7 Å². The number of hydrogen-bond acceptors (Lipinski definition) is 5. The molecule has 0 saturated carbocycles. The van der Waals surface area contributed by atoms with Crippen LogP contribution in [0.4, 0.5) is 5.13 Å². The summed E-state index contributed by atoms with van der Waals surface area (Å²) in [6.07, 6.45) is 3.68. The SMILES string of the molecule is C=CCN(CCO)c1nn2cc(-c3ccc(Cl)cc3)nc2s1. The first-order valence-corrected chi connectivity index (χ1v) is 7.99. The van der Waals surface area contributed by atoms with E-state index in [1.165, 1.54) is 11.3 Å². The van der Waals surface area contributed by atoms with Crippen molar-refractivity contribution >= 4 is 33.0 Å². The van der Waals surface area contributed by atoms with Gasteiger partial charge in [-0.2, -0.15) is 0 Å². The molecule has 0 radical (unpaired) electrons. The highest BCUT2D eigenvalue weighted by atomic mass is 35.5. The first-order valence-electron chi connectivity index (χ1n) is 6.80. The molecule has 3 rings (SSSR count). The minimum Gasteiger partial charge on any atom is -0.395 e. The molecule has 114 valence electrons. The highest BCUT2D eigenvalue weighted by molar-refractivity contribution is 7.20. The lowest BCUT2D eigenvalue weighted by Crippen LogP contribution is -2.26. The van der Waals surface area contributed by atoms with Crippen LogP contribution in [0.2, 0.25) is 5.02 Å². The minimum atomic E-state index is 0.0752. The third-order valence-electron chi connectivity index (χ3n) is 3.16. The molecule has 0 aliphatic rings. The zero-order valence-electron chi connectivity index (χ0n) is 11.8. The molecule has 3 aromatic rings. The van der Waals surface area contributed by atoms with Crippen LogP contribution in [0, 0.1) is 0 Å². The van der Waals surface area contributed by atoms with Gasteiger partial charge in [0, 0.05) is 23.7 Å². The largest absolute Gasteiger partial charge is 0.395 e. The fourth-order valence-electron chi connectivity index (χ4n) is 2.12. The molecule has 2 heterocycles. The van der Waals surface area contributed by atoms with Crippen molar-refractivity contribution in [3.05, 3.63) is 48.1 Å². The normalized spacial score (nSPS) is 11.0. The summed E-state index contributed by atoms with van der Waals surface area (Å²) in [5.41, 5.74) is 1.86. The molecule has 0 aliphatic heterocycles. The van der Waals surface area contributed by atoms with Crippen molar-refractivity contribution in [1.29, 1.82) is 0 Å². The number of anilines is 1. The molecule has 5 nitrogen and oxygen atoms in total. The average molecular weight is 335 g/mol. The summed E-state index contributed by atoms with van der Waals surface area (Å²) in [5.74, 6) is 0. The predicted molar refractivity (Wildman–Crippen MR) is 90.8 cm³/mol. The lowest BCUT2D eigenvalue weighted by atomic mass is 10.2. The van der Waals surface area contributed by atoms with Gasteiger partial charge < -0.3 is 10.0 Å². The van der Waals surface area contributed by atoms with Crippen molar-refractivity contribution in [3.63, 3.8) is 0 Å². The van der Waals surface area contributed by atoms with Crippen molar-refractivity contribution in [3.8, 4) is 11.3 Å². The molecule has 7 heteroatoms. The third kappa shape index (κ3) is 2.99. The van der Waals surface area contributed by atoms with Gasteiger partial charge in [-0.3, -0.25) is 0 Å². The molecule has 0 fully saturated rings. The Kier molecular flexibility index (Phi) is 4.42. The lowest BCUT2D eigenvalue weighted by Gasteiger charge is -2.17. The number of fused-ring (bicyclic) bond motifs is 1. The Labute approximate surface area is 137 Å². The Balaban J connectivity index is 1.91. The maximum Gasteiger partial charge on any atom is 0.214 e. The van der Waals surface area contributed by atoms with Crippen molar-refractivity contribution in [2.24, 2.45) is 0 Å². The van der Waals surface area contributed by atoms with E-state index >= 15 is 0 Å². The van der Waals surface area contributed by atoms with Crippen LogP contribution in [0.25, 0.3) is 16.2 Å². The van der Waals surface area contributed by atoms with Crippen LogP contribution in [0.15, 0.2) is 43.1 Å². The first kappa shape index (κ1) is 15.0. The maximum atomic E-state index is 9.13. The van der Waals surface area contributed by atoms with Crippen LogP contribution in [-0.4, -0.2) is 39.4 Å². The van der Waals surface area contributed by atoms with Gasteiger partial charge in [-0.25, -0.2) is 9.50 Å². The van der Waals surface area contributed by atoms with E-state index in [0.717, 1.165) is 21.3 Å². The standard InChI is InChI=1S/C15H15ClN4OS/c1-2-7-19(8-9-21)15-18-20-10-13(17-14(20)22-15)11-3-5-12(16)6-4-11/h2-6,10,21H,1,7-9H2. The van der Waals surface area contributed by atoms with Gasteiger partial charge in [0.25, 0.3) is 0 Å². The van der Waals surface area contributed by atoms with Crippen LogP contribution in [0.1, 0.15) is 0 Å². The molecule has 0 spiro atoms. The van der Waals surface area contributed by atoms with Gasteiger partial charge >= 0.3 is 0 Å². The molecular formula is C15H15ClN4OS. The van der Waals surface area contributed by atoms with Gasteiger partial charge in [-0.1, -0.05) is 41.1 Å². The number of nitrogens with zero attached hydrogens (tertiary/aromatic N) is 4. The number of hydrogen-bond donors (Lipinski definition) is 1. The molecular weight excluding hydrogens is 320 g/mol. The van der Waals surface area contributed by atoms with Gasteiger partial charge in [-0.15, -0.1) is 11.7 Å². The van der Waals surface area contributed by atoms with Crippen LogP contribution in [0.5, 0.6) is 0 Å². The second-order valence-corrected chi connectivity index (χ2v) is 6.07. The molecule has 0 unspecified atom stereocenters. The van der Waals surface area contributed by atoms with E-state index in [0.29, 0.717) is 18.1 Å². The van der Waals surface area contributed by atoms with E-state index < -0.39 is 0 Å². The molecule has 0 amide bonds. The summed E-state index contributed by atoms with van der Waals surface area (Å²) in [5, 5.41) is 15.2. The average Bonchev–Trinajstić information content (AvgIpc) is 3.06. The number of aliphatic hydroxyl groups excluding tert-OH is 1. The van der Waals surface area contributed by atoms with E-state index in [2.05, 4.69) is 16.7 Å². The second kappa shape index (κ2) is 6.48. The monoisotopic (exact) mass is 334 g/mol. The first-order chi connectivity index (χ1) is 10.7.